The number of nitrogens with zero attached hydrogens (tertiary/aromatic N) is 1. The first kappa shape index (κ1) is 23.7. The van der Waals surface area contributed by atoms with Gasteiger partial charge in [-0.05, 0) is 47.8 Å². The van der Waals surface area contributed by atoms with Crippen molar-refractivity contribution >= 4 is 44.6 Å². The van der Waals surface area contributed by atoms with Gasteiger partial charge in [-0.15, -0.1) is 11.3 Å². The molecule has 174 valence electrons. The number of hydrogen-bond donors (Lipinski definition) is 2. The molecule has 0 radical (unpaired) electrons. The molecule has 0 unspecified atom stereocenters. The Morgan fingerprint density at radius 1 is 1.06 bits per heavy atom. The molecule has 1 atom stereocenters. The molecule has 1 amide bonds. The Balaban J connectivity index is 1.42. The highest BCUT2D eigenvalue weighted by Crippen LogP contribution is 2.26. The van der Waals surface area contributed by atoms with Crippen LogP contribution in [0.3, 0.4) is 0 Å². The van der Waals surface area contributed by atoms with E-state index in [9.17, 15) is 13.2 Å². The molecule has 4 rings (SSSR count). The molecule has 1 fully saturated rings. The zero-order chi connectivity index (χ0) is 23.3. The summed E-state index contributed by atoms with van der Waals surface area (Å²) >= 11 is 7.71. The number of sulfonamides is 1. The lowest BCUT2D eigenvalue weighted by molar-refractivity contribution is 0.0169. The number of morpholine rings is 1. The summed E-state index contributed by atoms with van der Waals surface area (Å²) < 4.78 is 33.3. The molecule has 1 aliphatic rings. The number of ether oxygens (including phenoxy) is 1. The van der Waals surface area contributed by atoms with Gasteiger partial charge in [0.2, 0.25) is 0 Å². The van der Waals surface area contributed by atoms with Gasteiger partial charge in [0.1, 0.15) is 0 Å². The summed E-state index contributed by atoms with van der Waals surface area (Å²) in [5.41, 5.74) is 0.683. The van der Waals surface area contributed by atoms with Crippen LogP contribution < -0.4 is 10.0 Å². The van der Waals surface area contributed by atoms with Gasteiger partial charge in [-0.2, -0.15) is 0 Å². The van der Waals surface area contributed by atoms with Crippen LogP contribution in [-0.4, -0.2) is 52.1 Å². The molecule has 3 aromatic rings. The van der Waals surface area contributed by atoms with Crippen molar-refractivity contribution in [3.8, 4) is 0 Å². The van der Waals surface area contributed by atoms with Crippen molar-refractivity contribution in [2.45, 2.75) is 10.9 Å². The van der Waals surface area contributed by atoms with Gasteiger partial charge in [-0.3, -0.25) is 14.4 Å². The maximum atomic E-state index is 12.8. The van der Waals surface area contributed by atoms with E-state index in [1.807, 2.05) is 11.4 Å². The number of benzene rings is 2. The third-order valence-corrected chi connectivity index (χ3v) is 8.04. The first-order chi connectivity index (χ1) is 15.9. The van der Waals surface area contributed by atoms with Crippen LogP contribution in [0.1, 0.15) is 21.3 Å². The molecule has 1 aromatic heterocycles. The van der Waals surface area contributed by atoms with Gasteiger partial charge in [0.15, 0.2) is 0 Å². The number of anilines is 1. The number of rotatable bonds is 8. The van der Waals surface area contributed by atoms with Gasteiger partial charge in [-0.25, -0.2) is 8.42 Å². The van der Waals surface area contributed by atoms with Crippen LogP contribution in [-0.2, 0) is 14.8 Å². The Morgan fingerprint density at radius 3 is 2.45 bits per heavy atom. The molecule has 2 heterocycles. The summed E-state index contributed by atoms with van der Waals surface area (Å²) in [4.78, 5) is 16.3. The minimum absolute atomic E-state index is 0.0451. The summed E-state index contributed by atoms with van der Waals surface area (Å²) in [6.45, 7) is 3.42. The fourth-order valence-electron chi connectivity index (χ4n) is 3.60. The lowest BCUT2D eigenvalue weighted by Crippen LogP contribution is -2.43. The lowest BCUT2D eigenvalue weighted by atomic mass is 10.1. The van der Waals surface area contributed by atoms with E-state index >= 15 is 0 Å². The van der Waals surface area contributed by atoms with Gasteiger partial charge in [0.25, 0.3) is 15.9 Å². The fourth-order valence-corrected chi connectivity index (χ4v) is 5.78. The van der Waals surface area contributed by atoms with E-state index in [-0.39, 0.29) is 16.8 Å². The fraction of sp³-hybridized carbons (Fsp3) is 0.261. The maximum absolute atomic E-state index is 12.8. The number of thiophene rings is 1. The van der Waals surface area contributed by atoms with E-state index in [0.29, 0.717) is 36.0 Å². The molecule has 2 N–H and O–H groups in total. The standard InChI is InChI=1S/C23H24ClN3O4S2/c24-19-4-1-2-5-20(19)26-33(29,30)18-9-7-17(8-10-18)23(28)25-16-21(22-6-3-15-32-22)27-11-13-31-14-12-27/h1-10,15,21,26H,11-14,16H2,(H,25,28)/t21-/m1/s1. The topological polar surface area (TPSA) is 87.7 Å². The Bertz CT molecular complexity index is 1180. The number of para-hydroxylation sites is 1. The summed E-state index contributed by atoms with van der Waals surface area (Å²) in [6.07, 6.45) is 0. The average Bonchev–Trinajstić information content (AvgIpc) is 3.36. The van der Waals surface area contributed by atoms with Crippen LogP contribution in [0, 0.1) is 0 Å². The van der Waals surface area contributed by atoms with Gasteiger partial charge >= 0.3 is 0 Å². The first-order valence-electron chi connectivity index (χ1n) is 10.4. The zero-order valence-corrected chi connectivity index (χ0v) is 20.1. The third-order valence-electron chi connectivity index (χ3n) is 5.36. The smallest absolute Gasteiger partial charge is 0.261 e. The summed E-state index contributed by atoms with van der Waals surface area (Å²) in [5, 5.41) is 5.32. The van der Waals surface area contributed by atoms with Crippen molar-refractivity contribution in [3.63, 3.8) is 0 Å². The molecule has 10 heteroatoms. The number of nitrogens with one attached hydrogen (secondary N) is 2. The predicted octanol–water partition coefficient (Wildman–Crippen LogP) is 4.01. The molecular weight excluding hydrogens is 482 g/mol. The molecule has 1 saturated heterocycles. The molecule has 1 aliphatic heterocycles. The van der Waals surface area contributed by atoms with Crippen LogP contribution >= 0.6 is 22.9 Å². The summed E-state index contributed by atoms with van der Waals surface area (Å²) in [5.74, 6) is -0.257. The number of carbonyl (C=O) groups excluding carboxylic acids is 1. The van der Waals surface area contributed by atoms with Crippen molar-refractivity contribution < 1.29 is 17.9 Å². The SMILES string of the molecule is O=C(NC[C@H](c1cccs1)N1CCOCC1)c1ccc(S(=O)(=O)Nc2ccccc2Cl)cc1. The Morgan fingerprint density at radius 2 is 1.79 bits per heavy atom. The van der Waals surface area contributed by atoms with E-state index < -0.39 is 10.0 Å². The van der Waals surface area contributed by atoms with Crippen LogP contribution in [0.15, 0.2) is 70.9 Å². The largest absolute Gasteiger partial charge is 0.379 e. The summed E-state index contributed by atoms with van der Waals surface area (Å²) in [7, 11) is -3.83. The van der Waals surface area contributed by atoms with E-state index in [0.717, 1.165) is 13.1 Å². The maximum Gasteiger partial charge on any atom is 0.261 e. The third kappa shape index (κ3) is 5.93. The Kier molecular flexibility index (Phi) is 7.67. The number of carbonyl (C=O) groups is 1. The highest BCUT2D eigenvalue weighted by molar-refractivity contribution is 7.92. The lowest BCUT2D eigenvalue weighted by Gasteiger charge is -2.34. The minimum atomic E-state index is -3.83. The summed E-state index contributed by atoms with van der Waals surface area (Å²) in [6, 6.07) is 16.6. The quantitative estimate of drug-likeness (QED) is 0.483. The zero-order valence-electron chi connectivity index (χ0n) is 17.7. The molecule has 0 aliphatic carbocycles. The van der Waals surface area contributed by atoms with Crippen molar-refractivity contribution in [2.75, 3.05) is 37.6 Å². The molecule has 0 saturated carbocycles. The molecule has 7 nitrogen and oxygen atoms in total. The Labute approximate surface area is 202 Å². The van der Waals surface area contributed by atoms with Gasteiger partial charge in [-0.1, -0.05) is 29.8 Å². The first-order valence-corrected chi connectivity index (χ1v) is 13.2. The number of amides is 1. The molecular formula is C23H24ClN3O4S2. The predicted molar refractivity (Wildman–Crippen MR) is 130 cm³/mol. The van der Waals surface area contributed by atoms with Crippen LogP contribution in [0.25, 0.3) is 0 Å². The second kappa shape index (κ2) is 10.7. The molecule has 2 aromatic carbocycles. The van der Waals surface area contributed by atoms with E-state index in [4.69, 9.17) is 16.3 Å². The van der Waals surface area contributed by atoms with Crippen LogP contribution in [0.5, 0.6) is 0 Å². The second-order valence-corrected chi connectivity index (χ2v) is 10.6. The van der Waals surface area contributed by atoms with Crippen LogP contribution in [0.4, 0.5) is 5.69 Å². The van der Waals surface area contributed by atoms with E-state index in [2.05, 4.69) is 21.0 Å². The van der Waals surface area contributed by atoms with Crippen LogP contribution in [0.2, 0.25) is 5.02 Å². The van der Waals surface area contributed by atoms with Crippen molar-refractivity contribution in [2.24, 2.45) is 0 Å². The van der Waals surface area contributed by atoms with Gasteiger partial charge < -0.3 is 10.1 Å². The monoisotopic (exact) mass is 505 g/mol. The van der Waals surface area contributed by atoms with E-state index in [1.165, 1.54) is 29.1 Å². The molecule has 0 bridgehead atoms. The number of hydrogen-bond acceptors (Lipinski definition) is 6. The van der Waals surface area contributed by atoms with Gasteiger partial charge in [0, 0.05) is 30.1 Å². The highest BCUT2D eigenvalue weighted by Gasteiger charge is 2.24. The van der Waals surface area contributed by atoms with E-state index in [1.54, 1.807) is 35.6 Å². The second-order valence-electron chi connectivity index (χ2n) is 7.50. The van der Waals surface area contributed by atoms with Crippen molar-refractivity contribution in [3.05, 3.63) is 81.5 Å². The Hall–Kier alpha value is -2.43. The van der Waals surface area contributed by atoms with Crippen molar-refractivity contribution in [1.29, 1.82) is 0 Å². The minimum Gasteiger partial charge on any atom is -0.379 e. The molecule has 0 spiro atoms. The normalized spacial score (nSPS) is 15.7. The highest BCUT2D eigenvalue weighted by atomic mass is 35.5. The van der Waals surface area contributed by atoms with Gasteiger partial charge in [0.05, 0.1) is 34.9 Å². The molecule has 33 heavy (non-hydrogen) atoms. The average molecular weight is 506 g/mol. The number of halogens is 1. The van der Waals surface area contributed by atoms with Crippen molar-refractivity contribution in [1.82, 2.24) is 10.2 Å².